The van der Waals surface area contributed by atoms with Crippen molar-refractivity contribution >= 4 is 47.8 Å². The van der Waals surface area contributed by atoms with Gasteiger partial charge in [-0.1, -0.05) is 47.8 Å². The molecular weight excluding hydrogens is 320 g/mol. The highest BCUT2D eigenvalue weighted by Gasteiger charge is 2.30. The van der Waals surface area contributed by atoms with E-state index in [2.05, 4.69) is 47.8 Å². The number of hydrogen-bond acceptors (Lipinski definition) is 2. The zero-order valence-electron chi connectivity index (χ0n) is 4.52. The van der Waals surface area contributed by atoms with E-state index in [1.54, 1.807) is 0 Å². The Labute approximate surface area is 79.0 Å². The Morgan fingerprint density at radius 2 is 1.89 bits per heavy atom. The van der Waals surface area contributed by atoms with Crippen LogP contribution in [0.1, 0.15) is 0 Å². The van der Waals surface area contributed by atoms with Crippen LogP contribution in [0.4, 0.5) is 0 Å². The molecule has 0 aliphatic heterocycles. The maximum Gasteiger partial charge on any atom is 0.118 e. The smallest absolute Gasteiger partial charge is 0.118 e. The average molecular weight is 327 g/mol. The van der Waals surface area contributed by atoms with Gasteiger partial charge in [0.05, 0.1) is 6.61 Å². The SMILES string of the molecule is OCC(O)C(Br)(Br)CBr. The average Bonchev–Trinajstić information content (AvgIpc) is 1.86. The van der Waals surface area contributed by atoms with E-state index in [0.29, 0.717) is 5.33 Å². The number of halogens is 3. The van der Waals surface area contributed by atoms with Gasteiger partial charge in [0.15, 0.2) is 0 Å². The minimum absolute atomic E-state index is 0.262. The zero-order valence-corrected chi connectivity index (χ0v) is 9.28. The second-order valence-electron chi connectivity index (χ2n) is 1.59. The molecule has 2 N–H and O–H groups in total. The summed E-state index contributed by atoms with van der Waals surface area (Å²) in [7, 11) is 0. The summed E-state index contributed by atoms with van der Waals surface area (Å²) in [6.07, 6.45) is -0.795. The summed E-state index contributed by atoms with van der Waals surface area (Å²) in [6.45, 7) is -0.262. The van der Waals surface area contributed by atoms with Gasteiger partial charge in [0, 0.05) is 5.33 Å². The Kier molecular flexibility index (Phi) is 4.93. The largest absolute Gasteiger partial charge is 0.394 e. The van der Waals surface area contributed by atoms with Crippen molar-refractivity contribution in [3.8, 4) is 0 Å². The van der Waals surface area contributed by atoms with Crippen LogP contribution in [0.15, 0.2) is 0 Å². The lowest BCUT2D eigenvalue weighted by atomic mass is 10.3. The van der Waals surface area contributed by atoms with E-state index < -0.39 is 9.34 Å². The first-order valence-electron chi connectivity index (χ1n) is 2.27. The van der Waals surface area contributed by atoms with Gasteiger partial charge in [-0.25, -0.2) is 0 Å². The molecule has 0 heterocycles. The quantitative estimate of drug-likeness (QED) is 0.766. The van der Waals surface area contributed by atoms with Gasteiger partial charge >= 0.3 is 0 Å². The molecule has 0 fully saturated rings. The lowest BCUT2D eigenvalue weighted by molar-refractivity contribution is 0.0935. The van der Waals surface area contributed by atoms with E-state index in [4.69, 9.17) is 10.2 Å². The molecule has 0 aromatic heterocycles. The summed E-state index contributed by atoms with van der Waals surface area (Å²) in [4.78, 5) is 0. The molecule has 2 nitrogen and oxygen atoms in total. The molecule has 0 radical (unpaired) electrons. The van der Waals surface area contributed by atoms with Crippen molar-refractivity contribution in [3.63, 3.8) is 0 Å². The van der Waals surface area contributed by atoms with Crippen LogP contribution in [0.3, 0.4) is 0 Å². The molecule has 0 spiro atoms. The summed E-state index contributed by atoms with van der Waals surface area (Å²) in [6, 6.07) is 0. The molecule has 0 aliphatic carbocycles. The van der Waals surface area contributed by atoms with Crippen LogP contribution in [-0.2, 0) is 0 Å². The van der Waals surface area contributed by atoms with Crippen LogP contribution in [0.2, 0.25) is 0 Å². The highest BCUT2D eigenvalue weighted by molar-refractivity contribution is 9.26. The van der Waals surface area contributed by atoms with Crippen molar-refractivity contribution in [3.05, 3.63) is 0 Å². The van der Waals surface area contributed by atoms with Crippen molar-refractivity contribution < 1.29 is 10.2 Å². The maximum absolute atomic E-state index is 9.01. The van der Waals surface area contributed by atoms with E-state index in [0.717, 1.165) is 0 Å². The highest BCUT2D eigenvalue weighted by Crippen LogP contribution is 2.31. The number of rotatable bonds is 3. The van der Waals surface area contributed by atoms with Crippen LogP contribution < -0.4 is 0 Å². The molecule has 5 heteroatoms. The third kappa shape index (κ3) is 3.32. The van der Waals surface area contributed by atoms with Gasteiger partial charge in [-0.05, 0) is 0 Å². The van der Waals surface area contributed by atoms with Crippen molar-refractivity contribution in [2.75, 3.05) is 11.9 Å². The Bertz CT molecular complexity index is 85.9. The molecule has 0 saturated carbocycles. The minimum atomic E-state index is -0.795. The van der Waals surface area contributed by atoms with E-state index in [9.17, 15) is 0 Å². The summed E-state index contributed by atoms with van der Waals surface area (Å²) < 4.78 is -0.602. The molecule has 0 aromatic carbocycles. The molecule has 0 amide bonds. The standard InChI is InChI=1S/C4H7Br3O2/c5-2-4(6,7)3(9)1-8/h3,8-9H,1-2H2. The third-order valence-corrected chi connectivity index (χ3v) is 4.85. The van der Waals surface area contributed by atoms with Gasteiger partial charge < -0.3 is 10.2 Å². The van der Waals surface area contributed by atoms with Crippen LogP contribution in [0, 0.1) is 0 Å². The molecule has 1 atom stereocenters. The van der Waals surface area contributed by atoms with Crippen LogP contribution in [0.5, 0.6) is 0 Å². The van der Waals surface area contributed by atoms with Gasteiger partial charge in [-0.15, -0.1) is 0 Å². The molecule has 0 saturated heterocycles. The van der Waals surface area contributed by atoms with Crippen LogP contribution in [0.25, 0.3) is 0 Å². The van der Waals surface area contributed by atoms with E-state index >= 15 is 0 Å². The molecule has 0 rings (SSSR count). The first-order valence-corrected chi connectivity index (χ1v) is 4.98. The van der Waals surface area contributed by atoms with Crippen LogP contribution >= 0.6 is 47.8 Å². The first-order chi connectivity index (χ1) is 4.04. The second-order valence-corrected chi connectivity index (χ2v) is 6.05. The van der Waals surface area contributed by atoms with Crippen LogP contribution in [-0.4, -0.2) is 31.5 Å². The number of aliphatic hydroxyl groups is 2. The van der Waals surface area contributed by atoms with Gasteiger partial charge in [0.1, 0.15) is 9.34 Å². The molecular formula is C4H7Br3O2. The van der Waals surface area contributed by atoms with Gasteiger partial charge in [0.25, 0.3) is 0 Å². The Hall–Kier alpha value is 1.36. The fourth-order valence-corrected chi connectivity index (χ4v) is 0.886. The topological polar surface area (TPSA) is 40.5 Å². The van der Waals surface area contributed by atoms with Gasteiger partial charge in [-0.3, -0.25) is 0 Å². The third-order valence-electron chi connectivity index (χ3n) is 0.839. The van der Waals surface area contributed by atoms with Crippen molar-refractivity contribution in [2.24, 2.45) is 0 Å². The number of alkyl halides is 3. The molecule has 56 valence electrons. The second kappa shape index (κ2) is 4.28. The first kappa shape index (κ1) is 10.4. The van der Waals surface area contributed by atoms with E-state index in [-0.39, 0.29) is 6.61 Å². The predicted molar refractivity (Wildman–Crippen MR) is 47.5 cm³/mol. The predicted octanol–water partition coefficient (Wildman–Crippen LogP) is 1.22. The van der Waals surface area contributed by atoms with Crippen molar-refractivity contribution in [2.45, 2.75) is 9.34 Å². The lowest BCUT2D eigenvalue weighted by Crippen LogP contribution is -2.34. The number of aliphatic hydroxyl groups excluding tert-OH is 2. The fourth-order valence-electron chi connectivity index (χ4n) is 0.223. The zero-order chi connectivity index (χ0) is 7.49. The Morgan fingerprint density at radius 3 is 2.00 bits per heavy atom. The fraction of sp³-hybridized carbons (Fsp3) is 1.00. The van der Waals surface area contributed by atoms with E-state index in [1.807, 2.05) is 0 Å². The van der Waals surface area contributed by atoms with E-state index in [1.165, 1.54) is 0 Å². The normalized spacial score (nSPS) is 15.7. The number of hydrogen-bond donors (Lipinski definition) is 2. The maximum atomic E-state index is 9.01. The lowest BCUT2D eigenvalue weighted by Gasteiger charge is -2.21. The van der Waals surface area contributed by atoms with Crippen molar-refractivity contribution in [1.82, 2.24) is 0 Å². The van der Waals surface area contributed by atoms with Crippen molar-refractivity contribution in [1.29, 1.82) is 0 Å². The molecule has 9 heavy (non-hydrogen) atoms. The monoisotopic (exact) mass is 324 g/mol. The highest BCUT2D eigenvalue weighted by atomic mass is 79.9. The summed E-state index contributed by atoms with van der Waals surface area (Å²) in [5.74, 6) is 0. The molecule has 0 aliphatic rings. The van der Waals surface area contributed by atoms with Gasteiger partial charge in [-0.2, -0.15) is 0 Å². The van der Waals surface area contributed by atoms with Gasteiger partial charge in [0.2, 0.25) is 0 Å². The Balaban J connectivity index is 3.80. The molecule has 0 aromatic rings. The molecule has 1 unspecified atom stereocenters. The molecule has 0 bridgehead atoms. The summed E-state index contributed by atoms with van der Waals surface area (Å²) >= 11 is 9.48. The Morgan fingerprint density at radius 1 is 1.44 bits per heavy atom. The summed E-state index contributed by atoms with van der Waals surface area (Å²) in [5, 5.41) is 18.0. The minimum Gasteiger partial charge on any atom is -0.394 e. The summed E-state index contributed by atoms with van der Waals surface area (Å²) in [5.41, 5.74) is 0.